The first kappa shape index (κ1) is 14.0. The van der Waals surface area contributed by atoms with E-state index < -0.39 is 12.1 Å². The fourth-order valence-corrected chi connectivity index (χ4v) is 2.09. The number of amides is 3. The Morgan fingerprint density at radius 2 is 2.05 bits per heavy atom. The predicted octanol–water partition coefficient (Wildman–Crippen LogP) is 1.41. The number of methoxy groups -OCH3 is 1. The first-order valence-corrected chi connectivity index (χ1v) is 6.31. The molecule has 0 bridgehead atoms. The van der Waals surface area contributed by atoms with Gasteiger partial charge in [0.2, 0.25) is 0 Å². The molecule has 1 aliphatic heterocycles. The van der Waals surface area contributed by atoms with Crippen LogP contribution in [0.15, 0.2) is 24.3 Å². The number of carbonyl (C=O) groups is 2. The smallest absolute Gasteiger partial charge is 0.329 e. The maximum absolute atomic E-state index is 12.2. The van der Waals surface area contributed by atoms with E-state index in [1.807, 2.05) is 6.07 Å². The molecular formula is C14H15N3O3. The van der Waals surface area contributed by atoms with Gasteiger partial charge in [-0.2, -0.15) is 5.26 Å². The fourth-order valence-electron chi connectivity index (χ4n) is 2.09. The summed E-state index contributed by atoms with van der Waals surface area (Å²) in [6, 6.07) is 7.39. The zero-order valence-electron chi connectivity index (χ0n) is 11.1. The molecule has 1 heterocycles. The summed E-state index contributed by atoms with van der Waals surface area (Å²) in [6.45, 7) is 0.552. The number of rotatable bonds is 5. The molecule has 1 fully saturated rings. The van der Waals surface area contributed by atoms with E-state index in [0.717, 1.165) is 4.90 Å². The summed E-state index contributed by atoms with van der Waals surface area (Å²) >= 11 is 0. The summed E-state index contributed by atoms with van der Waals surface area (Å²) in [7, 11) is 1.60. The SMILES string of the molecule is COCCCC1NC(=O)N(c2ccc(C#N)cc2)C1=O. The minimum absolute atomic E-state index is 0.268. The molecule has 0 spiro atoms. The van der Waals surface area contributed by atoms with Gasteiger partial charge < -0.3 is 10.1 Å². The minimum Gasteiger partial charge on any atom is -0.385 e. The van der Waals surface area contributed by atoms with Gasteiger partial charge in [-0.05, 0) is 37.1 Å². The second-order valence-electron chi connectivity index (χ2n) is 4.47. The van der Waals surface area contributed by atoms with Crippen LogP contribution in [0.25, 0.3) is 0 Å². The standard InChI is InChI=1S/C14H15N3O3/c1-20-8-2-3-12-13(18)17(14(19)16-12)11-6-4-10(9-15)5-7-11/h4-7,12H,2-3,8H2,1H3,(H,16,19). The molecule has 0 radical (unpaired) electrons. The number of hydrogen-bond donors (Lipinski definition) is 1. The van der Waals surface area contributed by atoms with Gasteiger partial charge in [-0.1, -0.05) is 0 Å². The van der Waals surface area contributed by atoms with Crippen molar-refractivity contribution in [3.05, 3.63) is 29.8 Å². The molecule has 1 aliphatic rings. The van der Waals surface area contributed by atoms with Crippen LogP contribution >= 0.6 is 0 Å². The second kappa shape index (κ2) is 6.17. The molecule has 20 heavy (non-hydrogen) atoms. The number of carbonyl (C=O) groups excluding carboxylic acids is 2. The van der Waals surface area contributed by atoms with Gasteiger partial charge in [0.15, 0.2) is 0 Å². The molecule has 1 aromatic carbocycles. The van der Waals surface area contributed by atoms with Gasteiger partial charge in [0.25, 0.3) is 5.91 Å². The number of nitriles is 1. The van der Waals surface area contributed by atoms with E-state index in [2.05, 4.69) is 5.32 Å². The highest BCUT2D eigenvalue weighted by atomic mass is 16.5. The van der Waals surface area contributed by atoms with Crippen LogP contribution in [0.2, 0.25) is 0 Å². The Morgan fingerprint density at radius 3 is 2.65 bits per heavy atom. The Labute approximate surface area is 116 Å². The number of urea groups is 1. The monoisotopic (exact) mass is 273 g/mol. The van der Waals surface area contributed by atoms with Gasteiger partial charge >= 0.3 is 6.03 Å². The molecular weight excluding hydrogens is 258 g/mol. The Balaban J connectivity index is 2.10. The van der Waals surface area contributed by atoms with Crippen molar-refractivity contribution in [1.29, 1.82) is 5.26 Å². The van der Waals surface area contributed by atoms with Crippen molar-refractivity contribution in [2.24, 2.45) is 0 Å². The van der Waals surface area contributed by atoms with Crippen molar-refractivity contribution in [2.75, 3.05) is 18.6 Å². The van der Waals surface area contributed by atoms with Crippen molar-refractivity contribution >= 4 is 17.6 Å². The topological polar surface area (TPSA) is 82.4 Å². The van der Waals surface area contributed by atoms with Crippen molar-refractivity contribution < 1.29 is 14.3 Å². The summed E-state index contributed by atoms with van der Waals surface area (Å²) in [6.07, 6.45) is 1.25. The number of hydrogen-bond acceptors (Lipinski definition) is 4. The van der Waals surface area contributed by atoms with Crippen LogP contribution in [0.4, 0.5) is 10.5 Å². The zero-order chi connectivity index (χ0) is 14.5. The quantitative estimate of drug-likeness (QED) is 0.649. The molecule has 6 heteroatoms. The third-order valence-electron chi connectivity index (χ3n) is 3.12. The lowest BCUT2D eigenvalue weighted by atomic mass is 10.1. The third kappa shape index (κ3) is 2.78. The van der Waals surface area contributed by atoms with Crippen LogP contribution in [0.3, 0.4) is 0 Å². The van der Waals surface area contributed by atoms with Crippen LogP contribution in [-0.4, -0.2) is 31.7 Å². The summed E-state index contributed by atoms with van der Waals surface area (Å²) in [4.78, 5) is 25.2. The van der Waals surface area contributed by atoms with E-state index in [0.29, 0.717) is 30.7 Å². The van der Waals surface area contributed by atoms with Gasteiger partial charge in [-0.15, -0.1) is 0 Å². The first-order chi connectivity index (χ1) is 9.67. The molecule has 104 valence electrons. The van der Waals surface area contributed by atoms with Crippen LogP contribution in [0.1, 0.15) is 18.4 Å². The maximum atomic E-state index is 12.2. The van der Waals surface area contributed by atoms with Gasteiger partial charge in [0.05, 0.1) is 17.3 Å². The number of benzene rings is 1. The minimum atomic E-state index is -0.506. The molecule has 1 atom stereocenters. The Bertz CT molecular complexity index is 548. The summed E-state index contributed by atoms with van der Waals surface area (Å²) in [5.41, 5.74) is 0.957. The normalized spacial score (nSPS) is 18.0. The van der Waals surface area contributed by atoms with Crippen LogP contribution in [-0.2, 0) is 9.53 Å². The highest BCUT2D eigenvalue weighted by Crippen LogP contribution is 2.21. The Hall–Kier alpha value is -2.39. The van der Waals surface area contributed by atoms with Crippen molar-refractivity contribution in [1.82, 2.24) is 5.32 Å². The molecule has 1 N–H and O–H groups in total. The lowest BCUT2D eigenvalue weighted by Crippen LogP contribution is -2.31. The summed E-state index contributed by atoms with van der Waals surface area (Å²) in [5.74, 6) is -0.268. The van der Waals surface area contributed by atoms with Gasteiger partial charge in [-0.3, -0.25) is 4.79 Å². The van der Waals surface area contributed by atoms with E-state index in [9.17, 15) is 9.59 Å². The number of anilines is 1. The first-order valence-electron chi connectivity index (χ1n) is 6.31. The predicted molar refractivity (Wildman–Crippen MR) is 72.1 cm³/mol. The fraction of sp³-hybridized carbons (Fsp3) is 0.357. The van der Waals surface area contributed by atoms with Crippen molar-refractivity contribution in [3.63, 3.8) is 0 Å². The largest absolute Gasteiger partial charge is 0.385 e. The molecule has 0 aromatic heterocycles. The average molecular weight is 273 g/mol. The molecule has 1 aromatic rings. The number of nitrogens with one attached hydrogen (secondary N) is 1. The van der Waals surface area contributed by atoms with E-state index in [1.54, 1.807) is 31.4 Å². The highest BCUT2D eigenvalue weighted by Gasteiger charge is 2.38. The number of imide groups is 1. The summed E-state index contributed by atoms with van der Waals surface area (Å²) in [5, 5.41) is 11.4. The zero-order valence-corrected chi connectivity index (χ0v) is 11.1. The lowest BCUT2D eigenvalue weighted by Gasteiger charge is -2.12. The molecule has 0 saturated carbocycles. The maximum Gasteiger partial charge on any atom is 0.329 e. The number of nitrogens with zero attached hydrogens (tertiary/aromatic N) is 2. The van der Waals surface area contributed by atoms with E-state index in [-0.39, 0.29) is 5.91 Å². The van der Waals surface area contributed by atoms with Gasteiger partial charge in [0.1, 0.15) is 6.04 Å². The third-order valence-corrected chi connectivity index (χ3v) is 3.12. The van der Waals surface area contributed by atoms with E-state index in [4.69, 9.17) is 10.00 Å². The molecule has 6 nitrogen and oxygen atoms in total. The van der Waals surface area contributed by atoms with Crippen LogP contribution in [0, 0.1) is 11.3 Å². The molecule has 1 saturated heterocycles. The van der Waals surface area contributed by atoms with Crippen molar-refractivity contribution in [3.8, 4) is 6.07 Å². The average Bonchev–Trinajstić information content (AvgIpc) is 2.74. The molecule has 0 aliphatic carbocycles. The Kier molecular flexibility index (Phi) is 4.33. The molecule has 1 unspecified atom stereocenters. The van der Waals surface area contributed by atoms with E-state index >= 15 is 0 Å². The molecule has 2 rings (SSSR count). The van der Waals surface area contributed by atoms with Crippen LogP contribution in [0.5, 0.6) is 0 Å². The van der Waals surface area contributed by atoms with Crippen molar-refractivity contribution in [2.45, 2.75) is 18.9 Å². The van der Waals surface area contributed by atoms with Crippen LogP contribution < -0.4 is 10.2 Å². The second-order valence-corrected chi connectivity index (χ2v) is 4.47. The Morgan fingerprint density at radius 1 is 1.35 bits per heavy atom. The lowest BCUT2D eigenvalue weighted by molar-refractivity contribution is -0.118. The van der Waals surface area contributed by atoms with E-state index in [1.165, 1.54) is 0 Å². The van der Waals surface area contributed by atoms with Gasteiger partial charge in [-0.25, -0.2) is 9.69 Å². The summed E-state index contributed by atoms with van der Waals surface area (Å²) < 4.78 is 4.93. The molecule has 3 amide bonds. The number of ether oxygens (including phenoxy) is 1. The highest BCUT2D eigenvalue weighted by molar-refractivity contribution is 6.21. The van der Waals surface area contributed by atoms with Gasteiger partial charge in [0, 0.05) is 13.7 Å².